The van der Waals surface area contributed by atoms with E-state index in [1.54, 1.807) is 25.2 Å². The minimum Gasteiger partial charge on any atom is -0.508 e. The highest BCUT2D eigenvalue weighted by Crippen LogP contribution is 2.23. The number of hydrogen-bond donors (Lipinski definition) is 2. The Morgan fingerprint density at radius 1 is 1.47 bits per heavy atom. The summed E-state index contributed by atoms with van der Waals surface area (Å²) in [5, 5.41) is 9.49. The van der Waals surface area contributed by atoms with Gasteiger partial charge in [0.1, 0.15) is 11.4 Å². The predicted octanol–water partition coefficient (Wildman–Crippen LogP) is 2.26. The highest BCUT2D eigenvalue weighted by Gasteiger charge is 2.25. The lowest BCUT2D eigenvalue weighted by Crippen LogP contribution is -2.39. The average molecular weight is 266 g/mol. The first-order chi connectivity index (χ1) is 8.74. The standard InChI is InChI=1S/C14H22N2O3/c1-14(2,3)19-13(18)16(4)12(9-15)10-6-5-7-11(17)8-10/h5-8,12,17H,9,15H2,1-4H3. The molecule has 1 rings (SSSR count). The van der Waals surface area contributed by atoms with E-state index in [2.05, 4.69) is 0 Å². The molecule has 0 fully saturated rings. The third-order valence-corrected chi connectivity index (χ3v) is 2.63. The van der Waals surface area contributed by atoms with Gasteiger partial charge in [0.2, 0.25) is 0 Å². The summed E-state index contributed by atoms with van der Waals surface area (Å²) in [6.07, 6.45) is -0.439. The number of amides is 1. The summed E-state index contributed by atoms with van der Waals surface area (Å²) in [7, 11) is 1.63. The lowest BCUT2D eigenvalue weighted by molar-refractivity contribution is 0.0225. The molecule has 0 aliphatic heterocycles. The Bertz CT molecular complexity index is 441. The Morgan fingerprint density at radius 2 is 2.11 bits per heavy atom. The van der Waals surface area contributed by atoms with Crippen molar-refractivity contribution in [2.24, 2.45) is 5.73 Å². The van der Waals surface area contributed by atoms with E-state index in [4.69, 9.17) is 10.5 Å². The Morgan fingerprint density at radius 3 is 2.58 bits per heavy atom. The lowest BCUT2D eigenvalue weighted by Gasteiger charge is -2.30. The summed E-state index contributed by atoms with van der Waals surface area (Å²) < 4.78 is 5.30. The highest BCUT2D eigenvalue weighted by molar-refractivity contribution is 5.68. The third kappa shape index (κ3) is 4.44. The number of nitrogens with zero attached hydrogens (tertiary/aromatic N) is 1. The zero-order valence-corrected chi connectivity index (χ0v) is 11.9. The number of carbonyl (C=O) groups is 1. The van der Waals surface area contributed by atoms with Crippen LogP contribution in [0, 0.1) is 0 Å². The highest BCUT2D eigenvalue weighted by atomic mass is 16.6. The molecule has 0 aliphatic carbocycles. The molecule has 1 amide bonds. The van der Waals surface area contributed by atoms with Gasteiger partial charge in [-0.25, -0.2) is 4.79 Å². The molecule has 1 unspecified atom stereocenters. The Hall–Kier alpha value is -1.75. The summed E-state index contributed by atoms with van der Waals surface area (Å²) in [6.45, 7) is 5.68. The molecular weight excluding hydrogens is 244 g/mol. The molecule has 106 valence electrons. The molecule has 0 spiro atoms. The van der Waals surface area contributed by atoms with Crippen LogP contribution < -0.4 is 5.73 Å². The Balaban J connectivity index is 2.88. The summed E-state index contributed by atoms with van der Waals surface area (Å²) in [5.41, 5.74) is 5.95. The van der Waals surface area contributed by atoms with E-state index in [-0.39, 0.29) is 18.3 Å². The van der Waals surface area contributed by atoms with Crippen LogP contribution in [0.5, 0.6) is 5.75 Å². The molecule has 0 heterocycles. The van der Waals surface area contributed by atoms with Crippen molar-refractivity contribution in [3.05, 3.63) is 29.8 Å². The van der Waals surface area contributed by atoms with Gasteiger partial charge in [0.05, 0.1) is 6.04 Å². The van der Waals surface area contributed by atoms with Crippen LogP contribution in [0.3, 0.4) is 0 Å². The normalized spacial score (nSPS) is 12.9. The summed E-state index contributed by atoms with van der Waals surface area (Å²) in [5.74, 6) is 0.147. The van der Waals surface area contributed by atoms with Crippen LogP contribution in [-0.2, 0) is 4.74 Å². The van der Waals surface area contributed by atoms with E-state index in [1.165, 1.54) is 4.90 Å². The molecule has 0 radical (unpaired) electrons. The molecule has 1 aromatic carbocycles. The van der Waals surface area contributed by atoms with Gasteiger partial charge in [0.25, 0.3) is 0 Å². The van der Waals surface area contributed by atoms with Gasteiger partial charge in [-0.2, -0.15) is 0 Å². The minimum absolute atomic E-state index is 0.147. The fourth-order valence-corrected chi connectivity index (χ4v) is 1.71. The molecule has 1 atom stereocenters. The maximum atomic E-state index is 12.0. The van der Waals surface area contributed by atoms with E-state index >= 15 is 0 Å². The molecular formula is C14H22N2O3. The van der Waals surface area contributed by atoms with Crippen molar-refractivity contribution in [1.29, 1.82) is 0 Å². The van der Waals surface area contributed by atoms with Gasteiger partial charge in [0.15, 0.2) is 0 Å². The van der Waals surface area contributed by atoms with Crippen LogP contribution in [0.15, 0.2) is 24.3 Å². The predicted molar refractivity (Wildman–Crippen MR) is 73.9 cm³/mol. The van der Waals surface area contributed by atoms with Gasteiger partial charge >= 0.3 is 6.09 Å². The first-order valence-electron chi connectivity index (χ1n) is 6.19. The largest absolute Gasteiger partial charge is 0.508 e. The van der Waals surface area contributed by atoms with E-state index in [1.807, 2.05) is 26.8 Å². The number of rotatable bonds is 3. The minimum atomic E-state index is -0.552. The number of benzene rings is 1. The van der Waals surface area contributed by atoms with Crippen molar-refractivity contribution in [2.45, 2.75) is 32.4 Å². The second-order valence-electron chi connectivity index (χ2n) is 5.44. The third-order valence-electron chi connectivity index (χ3n) is 2.63. The molecule has 0 aliphatic rings. The molecule has 0 bridgehead atoms. The van der Waals surface area contributed by atoms with Crippen LogP contribution in [-0.4, -0.2) is 35.3 Å². The fraction of sp³-hybridized carbons (Fsp3) is 0.500. The van der Waals surface area contributed by atoms with Gasteiger partial charge in [-0.3, -0.25) is 0 Å². The fourth-order valence-electron chi connectivity index (χ4n) is 1.71. The van der Waals surface area contributed by atoms with Gasteiger partial charge in [-0.1, -0.05) is 12.1 Å². The van der Waals surface area contributed by atoms with E-state index in [9.17, 15) is 9.90 Å². The Kier molecular flexibility index (Phi) is 4.78. The summed E-state index contributed by atoms with van der Waals surface area (Å²) in [6, 6.07) is 6.37. The summed E-state index contributed by atoms with van der Waals surface area (Å²) >= 11 is 0. The van der Waals surface area contributed by atoms with Gasteiger partial charge in [0, 0.05) is 13.6 Å². The van der Waals surface area contributed by atoms with Crippen LogP contribution in [0.2, 0.25) is 0 Å². The lowest BCUT2D eigenvalue weighted by atomic mass is 10.1. The quantitative estimate of drug-likeness (QED) is 0.880. The first-order valence-corrected chi connectivity index (χ1v) is 6.19. The second-order valence-corrected chi connectivity index (χ2v) is 5.44. The van der Waals surface area contributed by atoms with Gasteiger partial charge < -0.3 is 20.5 Å². The van der Waals surface area contributed by atoms with Crippen molar-refractivity contribution in [3.8, 4) is 5.75 Å². The number of ether oxygens (including phenoxy) is 1. The smallest absolute Gasteiger partial charge is 0.410 e. The molecule has 5 nitrogen and oxygen atoms in total. The van der Waals surface area contributed by atoms with E-state index in [0.29, 0.717) is 0 Å². The van der Waals surface area contributed by atoms with Crippen LogP contribution >= 0.6 is 0 Å². The number of phenolic OH excluding ortho intramolecular Hbond substituents is 1. The average Bonchev–Trinajstić information content (AvgIpc) is 2.27. The maximum Gasteiger partial charge on any atom is 0.410 e. The molecule has 0 aromatic heterocycles. The topological polar surface area (TPSA) is 75.8 Å². The zero-order chi connectivity index (χ0) is 14.6. The van der Waals surface area contributed by atoms with Crippen LogP contribution in [0.1, 0.15) is 32.4 Å². The molecule has 0 saturated carbocycles. The Labute approximate surface area is 114 Å². The summed E-state index contributed by atoms with van der Waals surface area (Å²) in [4.78, 5) is 13.4. The molecule has 0 saturated heterocycles. The number of aromatic hydroxyl groups is 1. The van der Waals surface area contributed by atoms with Crippen molar-refractivity contribution in [1.82, 2.24) is 4.90 Å². The number of likely N-dealkylation sites (N-methyl/N-ethyl adjacent to an activating group) is 1. The number of carbonyl (C=O) groups excluding carboxylic acids is 1. The van der Waals surface area contributed by atoms with E-state index < -0.39 is 11.7 Å². The van der Waals surface area contributed by atoms with Crippen molar-refractivity contribution < 1.29 is 14.6 Å². The van der Waals surface area contributed by atoms with Crippen LogP contribution in [0.4, 0.5) is 4.79 Å². The van der Waals surface area contributed by atoms with Crippen molar-refractivity contribution in [3.63, 3.8) is 0 Å². The van der Waals surface area contributed by atoms with Gasteiger partial charge in [-0.15, -0.1) is 0 Å². The van der Waals surface area contributed by atoms with Crippen LogP contribution in [0.25, 0.3) is 0 Å². The molecule has 19 heavy (non-hydrogen) atoms. The molecule has 1 aromatic rings. The van der Waals surface area contributed by atoms with E-state index in [0.717, 1.165) is 5.56 Å². The molecule has 3 N–H and O–H groups in total. The second kappa shape index (κ2) is 5.93. The maximum absolute atomic E-state index is 12.0. The zero-order valence-electron chi connectivity index (χ0n) is 11.9. The van der Waals surface area contributed by atoms with Crippen molar-refractivity contribution in [2.75, 3.05) is 13.6 Å². The van der Waals surface area contributed by atoms with Gasteiger partial charge in [-0.05, 0) is 38.5 Å². The SMILES string of the molecule is CN(C(=O)OC(C)(C)C)C(CN)c1cccc(O)c1. The number of phenols is 1. The monoisotopic (exact) mass is 266 g/mol. The first kappa shape index (κ1) is 15.3. The number of hydrogen-bond acceptors (Lipinski definition) is 4. The molecule has 5 heteroatoms. The number of nitrogens with two attached hydrogens (primary N) is 1. The van der Waals surface area contributed by atoms with Crippen molar-refractivity contribution >= 4 is 6.09 Å².